The van der Waals surface area contributed by atoms with Gasteiger partial charge in [-0.05, 0) is 43.1 Å². The number of hydrogen-bond acceptors (Lipinski definition) is 3. The Kier molecular flexibility index (Phi) is 7.17. The Morgan fingerprint density at radius 1 is 1.16 bits per heavy atom. The summed E-state index contributed by atoms with van der Waals surface area (Å²) in [6.45, 7) is 3.46. The molecule has 2 N–H and O–H groups in total. The van der Waals surface area contributed by atoms with Gasteiger partial charge in [0.25, 0.3) is 0 Å². The predicted molar refractivity (Wildman–Crippen MR) is 108 cm³/mol. The Morgan fingerprint density at radius 2 is 1.90 bits per heavy atom. The molecular formula is C22H22F4N2O3. The highest BCUT2D eigenvalue weighted by Gasteiger charge is 2.38. The van der Waals surface area contributed by atoms with Gasteiger partial charge in [-0.3, -0.25) is 0 Å². The van der Waals surface area contributed by atoms with Gasteiger partial charge in [0.15, 0.2) is 0 Å². The van der Waals surface area contributed by atoms with Crippen LogP contribution >= 0.6 is 0 Å². The molecule has 31 heavy (non-hydrogen) atoms. The van der Waals surface area contributed by atoms with Crippen LogP contribution in [0.2, 0.25) is 0 Å². The number of para-hydroxylation sites is 1. The van der Waals surface area contributed by atoms with Crippen LogP contribution in [-0.4, -0.2) is 35.0 Å². The number of fused-ring (bicyclic) bond motifs is 3. The van der Waals surface area contributed by atoms with Gasteiger partial charge < -0.3 is 19.7 Å². The summed E-state index contributed by atoms with van der Waals surface area (Å²) in [5, 5.41) is 12.0. The minimum Gasteiger partial charge on any atom is -0.493 e. The Balaban J connectivity index is 0.000000339. The predicted octanol–water partition coefficient (Wildman–Crippen LogP) is 4.53. The number of carboxylic acid groups (broad SMARTS) is 1. The van der Waals surface area contributed by atoms with E-state index in [-0.39, 0.29) is 5.82 Å². The molecule has 0 radical (unpaired) electrons. The molecule has 1 aliphatic heterocycles. The van der Waals surface area contributed by atoms with Crippen molar-refractivity contribution in [1.29, 1.82) is 0 Å². The minimum atomic E-state index is -5.08. The topological polar surface area (TPSA) is 63.5 Å². The Bertz CT molecular complexity index is 1050. The van der Waals surface area contributed by atoms with E-state index in [0.29, 0.717) is 12.4 Å². The van der Waals surface area contributed by atoms with Gasteiger partial charge in [-0.2, -0.15) is 13.2 Å². The van der Waals surface area contributed by atoms with Gasteiger partial charge in [-0.1, -0.05) is 24.3 Å². The van der Waals surface area contributed by atoms with E-state index in [9.17, 15) is 17.6 Å². The number of ether oxygens (including phenoxy) is 1. The fourth-order valence-corrected chi connectivity index (χ4v) is 3.55. The van der Waals surface area contributed by atoms with Crippen molar-refractivity contribution in [2.45, 2.75) is 32.1 Å². The van der Waals surface area contributed by atoms with E-state index >= 15 is 0 Å². The third kappa shape index (κ3) is 5.75. The number of carboxylic acids is 1. The number of nitrogens with one attached hydrogen (secondary N) is 1. The first kappa shape index (κ1) is 22.6. The molecule has 9 heteroatoms. The van der Waals surface area contributed by atoms with E-state index in [1.807, 2.05) is 0 Å². The van der Waals surface area contributed by atoms with Crippen molar-refractivity contribution >= 4 is 16.9 Å². The molecule has 0 saturated heterocycles. The average molecular weight is 438 g/mol. The van der Waals surface area contributed by atoms with Gasteiger partial charge in [0.05, 0.1) is 6.61 Å². The summed E-state index contributed by atoms with van der Waals surface area (Å²) in [6.07, 6.45) is -3.11. The smallest absolute Gasteiger partial charge is 0.490 e. The third-order valence-corrected chi connectivity index (χ3v) is 4.87. The zero-order valence-electron chi connectivity index (χ0n) is 16.6. The molecule has 2 aromatic carbocycles. The molecule has 166 valence electrons. The second kappa shape index (κ2) is 9.82. The molecule has 5 nitrogen and oxygen atoms in total. The van der Waals surface area contributed by atoms with Crippen LogP contribution < -0.4 is 10.1 Å². The van der Waals surface area contributed by atoms with Crippen LogP contribution in [0.1, 0.15) is 17.7 Å². The molecule has 0 unspecified atom stereocenters. The first-order valence-electron chi connectivity index (χ1n) is 9.75. The highest BCUT2D eigenvalue weighted by molar-refractivity contribution is 5.85. The number of alkyl halides is 3. The van der Waals surface area contributed by atoms with E-state index in [4.69, 9.17) is 14.6 Å². The van der Waals surface area contributed by atoms with Crippen molar-refractivity contribution < 1.29 is 32.2 Å². The second-order valence-corrected chi connectivity index (χ2v) is 6.98. The zero-order valence-corrected chi connectivity index (χ0v) is 16.6. The number of aliphatic carboxylic acids is 1. The lowest BCUT2D eigenvalue weighted by molar-refractivity contribution is -0.192. The van der Waals surface area contributed by atoms with Gasteiger partial charge in [0.2, 0.25) is 0 Å². The van der Waals surface area contributed by atoms with Crippen molar-refractivity contribution in [3.63, 3.8) is 0 Å². The van der Waals surface area contributed by atoms with E-state index in [0.717, 1.165) is 32.5 Å². The van der Waals surface area contributed by atoms with E-state index < -0.39 is 12.1 Å². The number of rotatable bonds is 5. The maximum Gasteiger partial charge on any atom is 0.490 e. The monoisotopic (exact) mass is 438 g/mol. The molecule has 1 aliphatic rings. The first-order valence-corrected chi connectivity index (χ1v) is 9.75. The van der Waals surface area contributed by atoms with Gasteiger partial charge in [0, 0.05) is 35.8 Å². The molecule has 4 rings (SSSR count). The molecule has 0 spiro atoms. The number of halogens is 4. The largest absolute Gasteiger partial charge is 0.493 e. The second-order valence-electron chi connectivity index (χ2n) is 6.98. The highest BCUT2D eigenvalue weighted by atomic mass is 19.4. The molecule has 0 aliphatic carbocycles. The van der Waals surface area contributed by atoms with Crippen LogP contribution in [0.25, 0.3) is 10.9 Å². The summed E-state index contributed by atoms with van der Waals surface area (Å²) < 4.78 is 53.0. The van der Waals surface area contributed by atoms with Crippen molar-refractivity contribution in [2.75, 3.05) is 13.2 Å². The molecule has 0 saturated carbocycles. The summed E-state index contributed by atoms with van der Waals surface area (Å²) in [5.41, 5.74) is 4.18. The lowest BCUT2D eigenvalue weighted by Crippen LogP contribution is -2.25. The molecule has 2 heterocycles. The molecule has 3 aromatic rings. The lowest BCUT2D eigenvalue weighted by Gasteiger charge is -2.17. The summed E-state index contributed by atoms with van der Waals surface area (Å²) in [5.74, 6) is -2.42. The Labute approximate surface area is 176 Å². The Hall–Kier alpha value is -3.07. The van der Waals surface area contributed by atoms with Gasteiger partial charge in [-0.25, -0.2) is 9.18 Å². The number of benzene rings is 2. The summed E-state index contributed by atoms with van der Waals surface area (Å²) in [7, 11) is 0. The van der Waals surface area contributed by atoms with Crippen molar-refractivity contribution in [1.82, 2.24) is 9.88 Å². The lowest BCUT2D eigenvalue weighted by atomic mass is 10.1. The molecule has 0 fully saturated rings. The summed E-state index contributed by atoms with van der Waals surface area (Å²) >= 11 is 0. The highest BCUT2D eigenvalue weighted by Crippen LogP contribution is 2.28. The quantitative estimate of drug-likeness (QED) is 0.454. The number of hydrogen-bond donors (Lipinski definition) is 2. The number of nitrogens with zero attached hydrogens (tertiary/aromatic N) is 1. The SMILES string of the molecule is Fc1cccc(OCCCn2c3c(c4ccccc42)CCNC3)c1.O=C(O)C(F)(F)F. The van der Waals surface area contributed by atoms with E-state index in [2.05, 4.69) is 34.1 Å². The van der Waals surface area contributed by atoms with Crippen LogP contribution in [0.15, 0.2) is 48.5 Å². The van der Waals surface area contributed by atoms with Crippen molar-refractivity contribution in [2.24, 2.45) is 0 Å². The van der Waals surface area contributed by atoms with Crippen LogP contribution in [0, 0.1) is 5.82 Å². The standard InChI is InChI=1S/C20H21FN2O.C2HF3O2/c21-15-5-3-6-16(13-15)24-12-4-11-23-19-8-2-1-7-17(19)18-9-10-22-14-20(18)23;3-2(4,5)1(6)7/h1-3,5-8,13,22H,4,9-12,14H2;(H,6,7). The van der Waals surface area contributed by atoms with Crippen LogP contribution in [-0.2, 0) is 24.3 Å². The number of carbonyl (C=O) groups is 1. The maximum absolute atomic E-state index is 13.2. The first-order chi connectivity index (χ1) is 14.8. The zero-order chi connectivity index (χ0) is 22.4. The summed E-state index contributed by atoms with van der Waals surface area (Å²) in [6, 6.07) is 14.9. The Morgan fingerprint density at radius 3 is 2.61 bits per heavy atom. The molecule has 0 atom stereocenters. The van der Waals surface area contributed by atoms with Gasteiger partial charge in [-0.15, -0.1) is 0 Å². The van der Waals surface area contributed by atoms with Gasteiger partial charge >= 0.3 is 12.1 Å². The van der Waals surface area contributed by atoms with Crippen LogP contribution in [0.5, 0.6) is 5.75 Å². The fourth-order valence-electron chi connectivity index (χ4n) is 3.55. The number of aryl methyl sites for hydroxylation is 1. The van der Waals surface area contributed by atoms with Crippen LogP contribution in [0.3, 0.4) is 0 Å². The molecule has 0 bridgehead atoms. The normalized spacial score (nSPS) is 13.3. The van der Waals surface area contributed by atoms with E-state index in [1.54, 1.807) is 12.1 Å². The molecule has 0 amide bonds. The van der Waals surface area contributed by atoms with Crippen LogP contribution in [0.4, 0.5) is 17.6 Å². The fraction of sp³-hybridized carbons (Fsp3) is 0.318. The number of aromatic nitrogens is 1. The molecular weight excluding hydrogens is 416 g/mol. The minimum absolute atomic E-state index is 0.260. The third-order valence-electron chi connectivity index (χ3n) is 4.87. The maximum atomic E-state index is 13.2. The van der Waals surface area contributed by atoms with Crippen molar-refractivity contribution in [3.05, 3.63) is 65.6 Å². The van der Waals surface area contributed by atoms with E-state index in [1.165, 1.54) is 34.3 Å². The van der Waals surface area contributed by atoms with Crippen molar-refractivity contribution in [3.8, 4) is 5.75 Å². The van der Waals surface area contributed by atoms with Gasteiger partial charge in [0.1, 0.15) is 11.6 Å². The molecule has 1 aromatic heterocycles. The average Bonchev–Trinajstić information content (AvgIpc) is 3.05. The summed E-state index contributed by atoms with van der Waals surface area (Å²) in [4.78, 5) is 8.90.